The third kappa shape index (κ3) is 5.77. The lowest BCUT2D eigenvalue weighted by Gasteiger charge is -2.17. The maximum atomic E-state index is 11.6. The van der Waals surface area contributed by atoms with Crippen molar-refractivity contribution in [3.8, 4) is 0 Å². The number of aromatic nitrogens is 1. The van der Waals surface area contributed by atoms with Crippen molar-refractivity contribution in [1.82, 2.24) is 15.6 Å². The van der Waals surface area contributed by atoms with Crippen LogP contribution in [0.25, 0.3) is 0 Å². The van der Waals surface area contributed by atoms with Crippen molar-refractivity contribution in [2.75, 3.05) is 31.6 Å². The first kappa shape index (κ1) is 17.1. The van der Waals surface area contributed by atoms with Crippen molar-refractivity contribution < 1.29 is 14.3 Å². The minimum Gasteiger partial charge on any atom is -0.466 e. The predicted molar refractivity (Wildman–Crippen MR) is 87.4 cm³/mol. The van der Waals surface area contributed by atoms with Gasteiger partial charge in [0.25, 0.3) is 0 Å². The number of carbonyl (C=O) groups is 2. The van der Waals surface area contributed by atoms with Crippen LogP contribution in [0, 0.1) is 0 Å². The average molecular weight is 320 g/mol. The highest BCUT2D eigenvalue weighted by Gasteiger charge is 2.10. The van der Waals surface area contributed by atoms with Crippen LogP contribution in [0.4, 0.5) is 10.6 Å². The second-order valence-corrected chi connectivity index (χ2v) is 5.33. The summed E-state index contributed by atoms with van der Waals surface area (Å²) in [5.74, 6) is 0.659. The normalized spacial score (nSPS) is 12.7. The summed E-state index contributed by atoms with van der Waals surface area (Å²) < 4.78 is 4.78. The topological polar surface area (TPSA) is 92.3 Å². The number of hydrogen-bond acceptors (Lipinski definition) is 5. The number of ether oxygens (including phenoxy) is 1. The molecule has 0 aliphatic carbocycles. The summed E-state index contributed by atoms with van der Waals surface area (Å²) in [6, 6.07) is 3.82. The third-order valence-corrected chi connectivity index (χ3v) is 3.54. The first-order valence-corrected chi connectivity index (χ1v) is 8.09. The van der Waals surface area contributed by atoms with Crippen molar-refractivity contribution in [1.29, 1.82) is 0 Å². The van der Waals surface area contributed by atoms with Crippen LogP contribution in [0.3, 0.4) is 0 Å². The van der Waals surface area contributed by atoms with E-state index >= 15 is 0 Å². The van der Waals surface area contributed by atoms with Gasteiger partial charge in [0.2, 0.25) is 0 Å². The van der Waals surface area contributed by atoms with Gasteiger partial charge in [0.05, 0.1) is 13.0 Å². The molecule has 0 saturated carbocycles. The summed E-state index contributed by atoms with van der Waals surface area (Å²) in [5.41, 5.74) is 2.20. The number of carbonyl (C=O) groups excluding carboxylic acids is 2. The van der Waals surface area contributed by atoms with Gasteiger partial charge < -0.3 is 20.7 Å². The van der Waals surface area contributed by atoms with Gasteiger partial charge in [-0.1, -0.05) is 6.07 Å². The Kier molecular flexibility index (Phi) is 6.65. The highest BCUT2D eigenvalue weighted by molar-refractivity contribution is 5.75. The number of anilines is 1. The van der Waals surface area contributed by atoms with Crippen LogP contribution in [0.5, 0.6) is 0 Å². The zero-order chi connectivity index (χ0) is 16.5. The standard InChI is InChI=1S/C16H24N4O3/c1-2-23-14(21)8-11-19-16(22)18-10-7-13-6-5-12-4-3-9-17-15(12)20-13/h5-6H,2-4,7-11H2,1H3,(H,17,20)(H2,18,19,22). The Labute approximate surface area is 136 Å². The number of nitrogens with zero attached hydrogens (tertiary/aromatic N) is 1. The molecule has 23 heavy (non-hydrogen) atoms. The summed E-state index contributed by atoms with van der Waals surface area (Å²) in [5, 5.41) is 8.68. The molecule has 0 spiro atoms. The first-order chi connectivity index (χ1) is 11.2. The average Bonchev–Trinajstić information content (AvgIpc) is 2.55. The van der Waals surface area contributed by atoms with Gasteiger partial charge in [0, 0.05) is 31.7 Å². The SMILES string of the molecule is CCOC(=O)CCNC(=O)NCCc1ccc2c(n1)NCCC2. The molecule has 3 N–H and O–H groups in total. The second kappa shape index (κ2) is 8.97. The van der Waals surface area contributed by atoms with Gasteiger partial charge in [0.15, 0.2) is 0 Å². The van der Waals surface area contributed by atoms with Gasteiger partial charge in [0.1, 0.15) is 5.82 Å². The van der Waals surface area contributed by atoms with Gasteiger partial charge in [-0.2, -0.15) is 0 Å². The fourth-order valence-corrected chi connectivity index (χ4v) is 2.39. The molecule has 1 aromatic rings. The van der Waals surface area contributed by atoms with Crippen LogP contribution in [0.15, 0.2) is 12.1 Å². The molecule has 0 atom stereocenters. The number of pyridine rings is 1. The van der Waals surface area contributed by atoms with E-state index in [1.807, 2.05) is 6.07 Å². The Morgan fingerprint density at radius 1 is 1.30 bits per heavy atom. The van der Waals surface area contributed by atoms with E-state index in [-0.39, 0.29) is 25.0 Å². The number of urea groups is 1. The van der Waals surface area contributed by atoms with Crippen molar-refractivity contribution in [2.24, 2.45) is 0 Å². The minimum atomic E-state index is -0.307. The number of esters is 1. The number of nitrogens with one attached hydrogen (secondary N) is 3. The molecule has 0 fully saturated rings. The van der Waals surface area contributed by atoms with Crippen LogP contribution in [0.1, 0.15) is 31.0 Å². The lowest BCUT2D eigenvalue weighted by atomic mass is 10.1. The van der Waals surface area contributed by atoms with Gasteiger partial charge in [-0.05, 0) is 31.4 Å². The van der Waals surface area contributed by atoms with Crippen molar-refractivity contribution in [2.45, 2.75) is 32.6 Å². The summed E-state index contributed by atoms with van der Waals surface area (Å²) >= 11 is 0. The minimum absolute atomic E-state index is 0.180. The van der Waals surface area contributed by atoms with Gasteiger partial charge in [-0.25, -0.2) is 9.78 Å². The van der Waals surface area contributed by atoms with E-state index in [4.69, 9.17) is 4.74 Å². The van der Waals surface area contributed by atoms with E-state index in [0.29, 0.717) is 19.6 Å². The lowest BCUT2D eigenvalue weighted by molar-refractivity contribution is -0.142. The van der Waals surface area contributed by atoms with Crippen molar-refractivity contribution in [3.63, 3.8) is 0 Å². The molecule has 1 aliphatic heterocycles. The molecule has 0 bridgehead atoms. The quantitative estimate of drug-likeness (QED) is 0.657. The zero-order valence-electron chi connectivity index (χ0n) is 13.5. The Hall–Kier alpha value is -2.31. The van der Waals surface area contributed by atoms with E-state index in [1.165, 1.54) is 5.56 Å². The van der Waals surface area contributed by atoms with Gasteiger partial charge in [-0.3, -0.25) is 4.79 Å². The molecule has 0 saturated heterocycles. The largest absolute Gasteiger partial charge is 0.466 e. The summed E-state index contributed by atoms with van der Waals surface area (Å²) in [4.78, 5) is 27.3. The van der Waals surface area contributed by atoms with Crippen LogP contribution in [-0.2, 0) is 22.4 Å². The molecule has 0 radical (unpaired) electrons. The van der Waals surface area contributed by atoms with Crippen LogP contribution in [0.2, 0.25) is 0 Å². The van der Waals surface area contributed by atoms with E-state index in [9.17, 15) is 9.59 Å². The smallest absolute Gasteiger partial charge is 0.314 e. The maximum absolute atomic E-state index is 11.6. The molecule has 2 amide bonds. The second-order valence-electron chi connectivity index (χ2n) is 5.33. The highest BCUT2D eigenvalue weighted by Crippen LogP contribution is 2.19. The third-order valence-electron chi connectivity index (χ3n) is 3.54. The molecular weight excluding hydrogens is 296 g/mol. The highest BCUT2D eigenvalue weighted by atomic mass is 16.5. The molecule has 7 nitrogen and oxygen atoms in total. The summed E-state index contributed by atoms with van der Waals surface area (Å²) in [7, 11) is 0. The predicted octanol–water partition coefficient (Wildman–Crippen LogP) is 1.23. The number of aryl methyl sites for hydroxylation is 1. The Morgan fingerprint density at radius 2 is 2.13 bits per heavy atom. The molecule has 0 unspecified atom stereocenters. The Morgan fingerprint density at radius 3 is 2.96 bits per heavy atom. The van der Waals surface area contributed by atoms with Crippen molar-refractivity contribution >= 4 is 17.8 Å². The molecule has 0 aromatic carbocycles. The molecule has 1 aliphatic rings. The molecule has 7 heteroatoms. The van der Waals surface area contributed by atoms with E-state index in [0.717, 1.165) is 30.9 Å². The van der Waals surface area contributed by atoms with Gasteiger partial charge in [-0.15, -0.1) is 0 Å². The summed E-state index contributed by atoms with van der Waals surface area (Å²) in [6.45, 7) is 3.84. The van der Waals surface area contributed by atoms with Crippen molar-refractivity contribution in [3.05, 3.63) is 23.4 Å². The maximum Gasteiger partial charge on any atom is 0.314 e. The fraction of sp³-hybridized carbons (Fsp3) is 0.562. The number of rotatable bonds is 7. The van der Waals surface area contributed by atoms with E-state index in [2.05, 4.69) is 27.0 Å². The van der Waals surface area contributed by atoms with Crippen LogP contribution in [-0.4, -0.2) is 43.2 Å². The first-order valence-electron chi connectivity index (χ1n) is 8.09. The Bertz CT molecular complexity index is 548. The Balaban J connectivity index is 1.64. The van der Waals surface area contributed by atoms with E-state index in [1.54, 1.807) is 6.92 Å². The zero-order valence-corrected chi connectivity index (χ0v) is 13.5. The van der Waals surface area contributed by atoms with E-state index < -0.39 is 0 Å². The number of hydrogen-bond donors (Lipinski definition) is 3. The monoisotopic (exact) mass is 320 g/mol. The number of fused-ring (bicyclic) bond motifs is 1. The van der Waals surface area contributed by atoms with Crippen LogP contribution < -0.4 is 16.0 Å². The van der Waals surface area contributed by atoms with Crippen LogP contribution >= 0.6 is 0 Å². The fourth-order valence-electron chi connectivity index (χ4n) is 2.39. The molecule has 126 valence electrons. The van der Waals surface area contributed by atoms with Gasteiger partial charge >= 0.3 is 12.0 Å². The molecule has 2 rings (SSSR count). The molecule has 1 aromatic heterocycles. The lowest BCUT2D eigenvalue weighted by Crippen LogP contribution is -2.37. The molecular formula is C16H24N4O3. The number of amides is 2. The summed E-state index contributed by atoms with van der Waals surface area (Å²) in [6.07, 6.45) is 3.05. The molecule has 2 heterocycles.